The van der Waals surface area contributed by atoms with Crippen LogP contribution in [0.15, 0.2) is 23.1 Å². The lowest BCUT2D eigenvalue weighted by molar-refractivity contribution is -0.116. The van der Waals surface area contributed by atoms with Crippen LogP contribution in [0, 0.1) is 5.82 Å². The summed E-state index contributed by atoms with van der Waals surface area (Å²) in [6.45, 7) is 0. The van der Waals surface area contributed by atoms with Crippen molar-refractivity contribution in [1.82, 2.24) is 0 Å². The topological polar surface area (TPSA) is 17.1 Å². The average Bonchev–Trinajstić information content (AvgIpc) is 2.11. The summed E-state index contributed by atoms with van der Waals surface area (Å²) in [5.74, 6) is -0.554. The fourth-order valence-corrected chi connectivity index (χ4v) is 1.27. The Morgan fingerprint density at radius 3 is 2.85 bits per heavy atom. The third-order valence-corrected chi connectivity index (χ3v) is 2.31. The Kier molecular flexibility index (Phi) is 3.75. The molecule has 1 rings (SSSR count). The maximum atomic E-state index is 12.7. The molecule has 1 aromatic carbocycles. The second-order valence-corrected chi connectivity index (χ2v) is 3.37. The van der Waals surface area contributed by atoms with E-state index >= 15 is 0 Å². The third kappa shape index (κ3) is 3.01. The summed E-state index contributed by atoms with van der Waals surface area (Å²) in [4.78, 5) is 11.6. The summed E-state index contributed by atoms with van der Waals surface area (Å²) in [7, 11) is 0. The third-order valence-electron chi connectivity index (χ3n) is 1.58. The minimum Gasteiger partial charge on any atom is -0.298 e. The van der Waals surface area contributed by atoms with Gasteiger partial charge in [-0.3, -0.25) is 4.79 Å². The summed E-state index contributed by atoms with van der Waals surface area (Å²) in [5, 5.41) is 0. The lowest BCUT2D eigenvalue weighted by Crippen LogP contribution is -2.04. The molecule has 0 atom stereocenters. The fraction of sp³-hybridized carbons (Fsp3) is 0.222. The smallest absolute Gasteiger partial charge is 0.151 e. The SMILES string of the molecule is O=C(CCl)Cc1cc(F)ccc1S. The second-order valence-electron chi connectivity index (χ2n) is 2.62. The molecule has 0 saturated carbocycles. The van der Waals surface area contributed by atoms with Gasteiger partial charge in [0.15, 0.2) is 5.78 Å². The van der Waals surface area contributed by atoms with Crippen molar-refractivity contribution in [3.63, 3.8) is 0 Å². The largest absolute Gasteiger partial charge is 0.298 e. The van der Waals surface area contributed by atoms with Crippen LogP contribution in [0.25, 0.3) is 0 Å². The number of hydrogen-bond acceptors (Lipinski definition) is 2. The number of rotatable bonds is 3. The first-order valence-electron chi connectivity index (χ1n) is 3.68. The first-order valence-corrected chi connectivity index (χ1v) is 4.66. The molecule has 0 aliphatic heterocycles. The molecule has 0 spiro atoms. The van der Waals surface area contributed by atoms with E-state index in [1.54, 1.807) is 0 Å². The highest BCUT2D eigenvalue weighted by atomic mass is 35.5. The van der Waals surface area contributed by atoms with E-state index in [1.807, 2.05) is 0 Å². The van der Waals surface area contributed by atoms with Crippen molar-refractivity contribution >= 4 is 30.0 Å². The van der Waals surface area contributed by atoms with E-state index in [1.165, 1.54) is 18.2 Å². The van der Waals surface area contributed by atoms with Gasteiger partial charge in [0.05, 0.1) is 5.88 Å². The van der Waals surface area contributed by atoms with Gasteiger partial charge >= 0.3 is 0 Å². The minimum absolute atomic E-state index is 0.0519. The zero-order valence-corrected chi connectivity index (χ0v) is 8.41. The molecule has 0 heterocycles. The number of halogens is 2. The number of Topliss-reactive ketones (excluding diaryl/α,β-unsaturated/α-hetero) is 1. The standard InChI is InChI=1S/C9H8ClFOS/c10-5-8(12)4-6-3-7(11)1-2-9(6)13/h1-3,13H,4-5H2. The highest BCUT2D eigenvalue weighted by Crippen LogP contribution is 2.16. The number of hydrogen-bond donors (Lipinski definition) is 1. The molecule has 0 fully saturated rings. The lowest BCUT2D eigenvalue weighted by atomic mass is 10.1. The van der Waals surface area contributed by atoms with E-state index in [4.69, 9.17) is 11.6 Å². The number of benzene rings is 1. The van der Waals surface area contributed by atoms with Crippen LogP contribution in [0.4, 0.5) is 4.39 Å². The monoisotopic (exact) mass is 218 g/mol. The molecule has 0 aromatic heterocycles. The molecule has 0 unspecified atom stereocenters. The quantitative estimate of drug-likeness (QED) is 0.609. The Morgan fingerprint density at radius 1 is 1.54 bits per heavy atom. The molecule has 0 bridgehead atoms. The maximum Gasteiger partial charge on any atom is 0.151 e. The normalized spacial score (nSPS) is 10.1. The van der Waals surface area contributed by atoms with E-state index in [0.29, 0.717) is 10.5 Å². The molecule has 13 heavy (non-hydrogen) atoms. The molecule has 0 aliphatic rings. The summed E-state index contributed by atoms with van der Waals surface area (Å²) in [6, 6.07) is 4.12. The molecule has 0 saturated heterocycles. The fourth-order valence-electron chi connectivity index (χ4n) is 0.955. The summed E-state index contributed by atoms with van der Waals surface area (Å²) in [5.41, 5.74) is 0.578. The first kappa shape index (κ1) is 10.5. The molecule has 1 aromatic rings. The van der Waals surface area contributed by atoms with Crippen LogP contribution < -0.4 is 0 Å². The van der Waals surface area contributed by atoms with E-state index in [2.05, 4.69) is 12.6 Å². The van der Waals surface area contributed by atoms with Crippen molar-refractivity contribution < 1.29 is 9.18 Å². The van der Waals surface area contributed by atoms with Gasteiger partial charge in [-0.15, -0.1) is 24.2 Å². The van der Waals surface area contributed by atoms with Crippen LogP contribution >= 0.6 is 24.2 Å². The molecule has 0 aliphatic carbocycles. The van der Waals surface area contributed by atoms with Gasteiger partial charge in [0, 0.05) is 11.3 Å². The van der Waals surface area contributed by atoms with Crippen LogP contribution in [0.2, 0.25) is 0 Å². The Morgan fingerprint density at radius 2 is 2.23 bits per heavy atom. The maximum absolute atomic E-state index is 12.7. The van der Waals surface area contributed by atoms with Crippen LogP contribution in [0.5, 0.6) is 0 Å². The van der Waals surface area contributed by atoms with Crippen LogP contribution in [0.3, 0.4) is 0 Å². The van der Waals surface area contributed by atoms with Crippen molar-refractivity contribution in [1.29, 1.82) is 0 Å². The van der Waals surface area contributed by atoms with Crippen molar-refractivity contribution in [3.8, 4) is 0 Å². The Labute approximate surface area is 86.3 Å². The molecule has 0 N–H and O–H groups in total. The minimum atomic E-state index is -0.366. The highest BCUT2D eigenvalue weighted by molar-refractivity contribution is 7.80. The lowest BCUT2D eigenvalue weighted by Gasteiger charge is -2.02. The zero-order chi connectivity index (χ0) is 9.84. The molecule has 4 heteroatoms. The first-order chi connectivity index (χ1) is 6.13. The van der Waals surface area contributed by atoms with Gasteiger partial charge in [-0.25, -0.2) is 4.39 Å². The Hall–Kier alpha value is -0.540. The van der Waals surface area contributed by atoms with Crippen molar-refractivity contribution in [2.24, 2.45) is 0 Å². The predicted octanol–water partition coefficient (Wildman–Crippen LogP) is 2.46. The average molecular weight is 219 g/mol. The molecule has 1 nitrogen and oxygen atoms in total. The Balaban J connectivity index is 2.87. The van der Waals surface area contributed by atoms with Gasteiger partial charge in [-0.1, -0.05) is 0 Å². The molecule has 70 valence electrons. The number of ketones is 1. The number of alkyl halides is 1. The van der Waals surface area contributed by atoms with E-state index in [0.717, 1.165) is 0 Å². The second kappa shape index (κ2) is 4.63. The molecule has 0 radical (unpaired) electrons. The van der Waals surface area contributed by atoms with Crippen LogP contribution in [-0.4, -0.2) is 11.7 Å². The van der Waals surface area contributed by atoms with Crippen molar-refractivity contribution in [3.05, 3.63) is 29.6 Å². The molecule has 0 amide bonds. The summed E-state index contributed by atoms with van der Waals surface area (Å²) < 4.78 is 12.7. The van der Waals surface area contributed by atoms with Gasteiger partial charge < -0.3 is 0 Å². The van der Waals surface area contributed by atoms with Crippen molar-refractivity contribution in [2.45, 2.75) is 11.3 Å². The van der Waals surface area contributed by atoms with Gasteiger partial charge in [0.2, 0.25) is 0 Å². The van der Waals surface area contributed by atoms with E-state index in [9.17, 15) is 9.18 Å². The number of thiol groups is 1. The van der Waals surface area contributed by atoms with Crippen molar-refractivity contribution in [2.75, 3.05) is 5.88 Å². The summed E-state index contributed by atoms with van der Waals surface area (Å²) >= 11 is 9.42. The van der Waals surface area contributed by atoms with Gasteiger partial charge in [0.25, 0.3) is 0 Å². The predicted molar refractivity (Wildman–Crippen MR) is 53.1 cm³/mol. The number of carbonyl (C=O) groups is 1. The van der Waals surface area contributed by atoms with Crippen LogP contribution in [-0.2, 0) is 11.2 Å². The molecular formula is C9H8ClFOS. The van der Waals surface area contributed by atoms with E-state index in [-0.39, 0.29) is 23.9 Å². The number of carbonyl (C=O) groups excluding carboxylic acids is 1. The van der Waals surface area contributed by atoms with E-state index < -0.39 is 0 Å². The van der Waals surface area contributed by atoms with Gasteiger partial charge in [0.1, 0.15) is 5.82 Å². The zero-order valence-electron chi connectivity index (χ0n) is 6.76. The van der Waals surface area contributed by atoms with Gasteiger partial charge in [-0.2, -0.15) is 0 Å². The molecular weight excluding hydrogens is 211 g/mol. The Bertz CT molecular complexity index is 327. The highest BCUT2D eigenvalue weighted by Gasteiger charge is 2.06. The van der Waals surface area contributed by atoms with Crippen LogP contribution in [0.1, 0.15) is 5.56 Å². The van der Waals surface area contributed by atoms with Gasteiger partial charge in [-0.05, 0) is 23.8 Å². The summed E-state index contributed by atoms with van der Waals surface area (Å²) in [6.07, 6.45) is 0.139.